The fourth-order valence-corrected chi connectivity index (χ4v) is 0.388. The molecule has 13 heavy (non-hydrogen) atoms. The lowest BCUT2D eigenvalue weighted by Crippen LogP contribution is -2.02. The number of hydrogen-bond acceptors (Lipinski definition) is 5. The van der Waals surface area contributed by atoms with Crippen LogP contribution in [0.1, 0.15) is 6.92 Å². The van der Waals surface area contributed by atoms with Crippen LogP contribution in [0.15, 0.2) is 24.7 Å². The van der Waals surface area contributed by atoms with Crippen molar-refractivity contribution in [3.05, 3.63) is 24.7 Å². The zero-order valence-corrected chi connectivity index (χ0v) is 7.40. The summed E-state index contributed by atoms with van der Waals surface area (Å²) in [6.07, 6.45) is 1.41. The molecule has 0 atom stereocenters. The van der Waals surface area contributed by atoms with Gasteiger partial charge in [-0.15, -0.1) is 0 Å². The second-order valence-electron chi connectivity index (χ2n) is 1.93. The SMILES string of the molecule is C=C(C=COC(C)=O)OC(=O)OC. The Kier molecular flexibility index (Phi) is 5.02. The second kappa shape index (κ2) is 5.82. The van der Waals surface area contributed by atoms with Crippen LogP contribution in [-0.2, 0) is 19.0 Å². The standard InChI is InChI=1S/C8H10O5/c1-6(13-8(10)11-3)4-5-12-7(2)9/h4-5H,1H2,2-3H3. The number of rotatable bonds is 3. The van der Waals surface area contributed by atoms with E-state index in [1.807, 2.05) is 0 Å². The summed E-state index contributed by atoms with van der Waals surface area (Å²) in [4.78, 5) is 20.7. The van der Waals surface area contributed by atoms with E-state index < -0.39 is 12.1 Å². The van der Waals surface area contributed by atoms with E-state index >= 15 is 0 Å². The van der Waals surface area contributed by atoms with Crippen LogP contribution in [0.4, 0.5) is 4.79 Å². The number of carbonyl (C=O) groups is 2. The highest BCUT2D eigenvalue weighted by atomic mass is 16.7. The van der Waals surface area contributed by atoms with Crippen LogP contribution in [0.2, 0.25) is 0 Å². The van der Waals surface area contributed by atoms with Gasteiger partial charge in [0, 0.05) is 13.0 Å². The molecule has 0 saturated carbocycles. The molecule has 5 nitrogen and oxygen atoms in total. The molecule has 0 aromatic rings. The molecule has 0 saturated heterocycles. The summed E-state index contributed by atoms with van der Waals surface area (Å²) in [5.41, 5.74) is 0. The smallest absolute Gasteiger partial charge is 0.437 e. The summed E-state index contributed by atoms with van der Waals surface area (Å²) < 4.78 is 13.0. The second-order valence-corrected chi connectivity index (χ2v) is 1.93. The molecular weight excluding hydrogens is 176 g/mol. The third-order valence-corrected chi connectivity index (χ3v) is 0.869. The summed E-state index contributed by atoms with van der Waals surface area (Å²) in [5.74, 6) is -0.449. The fraction of sp³-hybridized carbons (Fsp3) is 0.250. The summed E-state index contributed by atoms with van der Waals surface area (Å²) in [6.45, 7) is 4.58. The molecule has 0 fully saturated rings. The first kappa shape index (κ1) is 11.2. The minimum atomic E-state index is -0.877. The molecule has 0 aliphatic carbocycles. The topological polar surface area (TPSA) is 61.8 Å². The zero-order chi connectivity index (χ0) is 10.3. The van der Waals surface area contributed by atoms with Gasteiger partial charge >= 0.3 is 12.1 Å². The van der Waals surface area contributed by atoms with Crippen LogP contribution < -0.4 is 0 Å². The highest BCUT2D eigenvalue weighted by Crippen LogP contribution is 1.98. The number of hydrogen-bond donors (Lipinski definition) is 0. The van der Waals surface area contributed by atoms with E-state index in [9.17, 15) is 9.59 Å². The molecule has 0 aromatic carbocycles. The van der Waals surface area contributed by atoms with E-state index in [1.165, 1.54) is 20.1 Å². The van der Waals surface area contributed by atoms with Crippen LogP contribution >= 0.6 is 0 Å². The Balaban J connectivity index is 3.80. The van der Waals surface area contributed by atoms with Crippen LogP contribution in [0, 0.1) is 0 Å². The van der Waals surface area contributed by atoms with Crippen LogP contribution in [0.5, 0.6) is 0 Å². The molecule has 0 rings (SSSR count). The van der Waals surface area contributed by atoms with Gasteiger partial charge in [0.1, 0.15) is 5.76 Å². The highest BCUT2D eigenvalue weighted by molar-refractivity contribution is 5.66. The van der Waals surface area contributed by atoms with Gasteiger partial charge in [0.2, 0.25) is 0 Å². The molecule has 0 unspecified atom stereocenters. The maximum Gasteiger partial charge on any atom is 0.513 e. The zero-order valence-electron chi connectivity index (χ0n) is 7.40. The largest absolute Gasteiger partial charge is 0.513 e. The third kappa shape index (κ3) is 6.61. The van der Waals surface area contributed by atoms with E-state index in [0.717, 1.165) is 6.26 Å². The molecule has 5 heteroatoms. The monoisotopic (exact) mass is 186 g/mol. The maximum atomic E-state index is 10.5. The van der Waals surface area contributed by atoms with Crippen molar-refractivity contribution in [3.8, 4) is 0 Å². The molecule has 0 radical (unpaired) electrons. The first-order valence-corrected chi connectivity index (χ1v) is 3.34. The van der Waals surface area contributed by atoms with Crippen LogP contribution in [0.25, 0.3) is 0 Å². The van der Waals surface area contributed by atoms with Crippen LogP contribution in [0.3, 0.4) is 0 Å². The number of methoxy groups -OCH3 is 1. The third-order valence-electron chi connectivity index (χ3n) is 0.869. The van der Waals surface area contributed by atoms with Crippen molar-refractivity contribution in [1.82, 2.24) is 0 Å². The number of carbonyl (C=O) groups excluding carboxylic acids is 2. The lowest BCUT2D eigenvalue weighted by atomic mass is 10.5. The minimum Gasteiger partial charge on any atom is -0.437 e. The summed E-state index contributed by atoms with van der Waals surface area (Å²) in [6, 6.07) is 0. The molecule has 72 valence electrons. The van der Waals surface area contributed by atoms with Gasteiger partial charge in [0.05, 0.1) is 13.4 Å². The van der Waals surface area contributed by atoms with Gasteiger partial charge in [-0.1, -0.05) is 6.58 Å². The molecule has 0 amide bonds. The Bertz CT molecular complexity index is 241. The summed E-state index contributed by atoms with van der Waals surface area (Å²) in [5, 5.41) is 0. The molecule has 0 aliphatic heterocycles. The van der Waals surface area contributed by atoms with Gasteiger partial charge in [0.25, 0.3) is 0 Å². The van der Waals surface area contributed by atoms with Gasteiger partial charge < -0.3 is 14.2 Å². The van der Waals surface area contributed by atoms with E-state index in [1.54, 1.807) is 0 Å². The average molecular weight is 186 g/mol. The van der Waals surface area contributed by atoms with Crippen molar-refractivity contribution in [3.63, 3.8) is 0 Å². The molecule has 0 aromatic heterocycles. The summed E-state index contributed by atoms with van der Waals surface area (Å²) in [7, 11) is 1.17. The molecule has 0 N–H and O–H groups in total. The van der Waals surface area contributed by atoms with Crippen molar-refractivity contribution < 1.29 is 23.8 Å². The lowest BCUT2D eigenvalue weighted by molar-refractivity contribution is -0.135. The van der Waals surface area contributed by atoms with Gasteiger partial charge in [-0.25, -0.2) is 4.79 Å². The van der Waals surface area contributed by atoms with Gasteiger partial charge in [0.15, 0.2) is 0 Å². The Morgan fingerprint density at radius 2 is 2.00 bits per heavy atom. The van der Waals surface area contributed by atoms with Crippen molar-refractivity contribution >= 4 is 12.1 Å². The van der Waals surface area contributed by atoms with Crippen LogP contribution in [-0.4, -0.2) is 19.2 Å². The first-order chi connectivity index (χ1) is 6.06. The normalized spacial score (nSPS) is 9.38. The van der Waals surface area contributed by atoms with Crippen molar-refractivity contribution in [2.45, 2.75) is 6.92 Å². The lowest BCUT2D eigenvalue weighted by Gasteiger charge is -1.99. The Labute approximate surface area is 75.6 Å². The Morgan fingerprint density at radius 1 is 1.38 bits per heavy atom. The molecular formula is C8H10O5. The van der Waals surface area contributed by atoms with E-state index in [-0.39, 0.29) is 5.76 Å². The highest BCUT2D eigenvalue weighted by Gasteiger charge is 2.00. The number of ether oxygens (including phenoxy) is 3. The van der Waals surface area contributed by atoms with E-state index in [0.29, 0.717) is 0 Å². The van der Waals surface area contributed by atoms with Crippen molar-refractivity contribution in [1.29, 1.82) is 0 Å². The molecule has 0 bridgehead atoms. The average Bonchev–Trinajstić information content (AvgIpc) is 2.03. The molecule has 0 spiro atoms. The predicted molar refractivity (Wildman–Crippen MR) is 43.5 cm³/mol. The quantitative estimate of drug-likeness (QED) is 0.378. The van der Waals surface area contributed by atoms with E-state index in [4.69, 9.17) is 0 Å². The van der Waals surface area contributed by atoms with Gasteiger partial charge in [-0.05, 0) is 0 Å². The molecule has 0 aliphatic rings. The minimum absolute atomic E-state index is 0.0214. The number of allylic oxidation sites excluding steroid dienone is 1. The Morgan fingerprint density at radius 3 is 2.46 bits per heavy atom. The predicted octanol–water partition coefficient (Wildman–Crippen LogP) is 1.36. The van der Waals surface area contributed by atoms with E-state index in [2.05, 4.69) is 20.8 Å². The van der Waals surface area contributed by atoms with Gasteiger partial charge in [-0.2, -0.15) is 0 Å². The fourth-order valence-electron chi connectivity index (χ4n) is 0.388. The van der Waals surface area contributed by atoms with Crippen molar-refractivity contribution in [2.75, 3.05) is 7.11 Å². The molecule has 0 heterocycles. The maximum absolute atomic E-state index is 10.5. The first-order valence-electron chi connectivity index (χ1n) is 3.34. The summed E-state index contributed by atoms with van der Waals surface area (Å²) >= 11 is 0. The van der Waals surface area contributed by atoms with Crippen molar-refractivity contribution in [2.24, 2.45) is 0 Å². The number of esters is 1. The Hall–Kier alpha value is -1.78. The van der Waals surface area contributed by atoms with Gasteiger partial charge in [-0.3, -0.25) is 4.79 Å².